The number of nitrogens with two attached hydrogens (primary N) is 2. The highest BCUT2D eigenvalue weighted by Gasteiger charge is 2.19. The first-order valence-corrected chi connectivity index (χ1v) is 9.68. The molecular formula is C17H28N6O2S. The second-order valence-corrected chi connectivity index (χ2v) is 6.52. The summed E-state index contributed by atoms with van der Waals surface area (Å²) in [4.78, 5) is 26.0. The van der Waals surface area contributed by atoms with Crippen molar-refractivity contribution in [3.63, 3.8) is 0 Å². The largest absolute Gasteiger partial charge is 0.404 e. The molecule has 1 aromatic heterocycles. The number of thioether (sulfide) groups is 1. The summed E-state index contributed by atoms with van der Waals surface area (Å²) in [5.74, 6) is 0.546. The summed E-state index contributed by atoms with van der Waals surface area (Å²) in [7, 11) is 0. The molecule has 0 fully saturated rings. The number of nitrogens with zero attached hydrogens (tertiary/aromatic N) is 4. The van der Waals surface area contributed by atoms with Gasteiger partial charge in [-0.3, -0.25) is 9.79 Å². The van der Waals surface area contributed by atoms with Gasteiger partial charge in [-0.15, -0.1) is 11.8 Å². The number of anilines is 2. The molecule has 1 unspecified atom stereocenters. The molecule has 144 valence electrons. The number of aliphatic hydroxyl groups excluding tert-OH is 1. The van der Waals surface area contributed by atoms with Crippen molar-refractivity contribution in [3.8, 4) is 0 Å². The molecule has 0 amide bonds. The number of rotatable bonds is 11. The van der Waals surface area contributed by atoms with E-state index >= 15 is 0 Å². The van der Waals surface area contributed by atoms with Crippen LogP contribution in [0.3, 0.4) is 0 Å². The van der Waals surface area contributed by atoms with Crippen molar-refractivity contribution in [2.45, 2.75) is 25.3 Å². The summed E-state index contributed by atoms with van der Waals surface area (Å²) in [5, 5.41) is 9.93. The Bertz CT molecular complexity index is 650. The van der Waals surface area contributed by atoms with Gasteiger partial charge >= 0.3 is 0 Å². The minimum Gasteiger partial charge on any atom is -0.404 e. The third-order valence-corrected chi connectivity index (χ3v) is 4.44. The second-order valence-electron chi connectivity index (χ2n) is 5.72. The Balaban J connectivity index is 3.09. The van der Waals surface area contributed by atoms with Crippen molar-refractivity contribution in [2.75, 3.05) is 43.1 Å². The summed E-state index contributed by atoms with van der Waals surface area (Å²) >= 11 is 1.32. The fraction of sp³-hybridized carbons (Fsp3) is 0.529. The lowest BCUT2D eigenvalue weighted by atomic mass is 10.0. The lowest BCUT2D eigenvalue weighted by molar-refractivity contribution is 0.112. The molecule has 0 saturated carbocycles. The highest BCUT2D eigenvalue weighted by Crippen LogP contribution is 2.24. The molecule has 0 saturated heterocycles. The third-order valence-electron chi connectivity index (χ3n) is 3.74. The van der Waals surface area contributed by atoms with Crippen molar-refractivity contribution >= 4 is 36.0 Å². The van der Waals surface area contributed by atoms with Gasteiger partial charge in [0.15, 0.2) is 6.29 Å². The zero-order valence-corrected chi connectivity index (χ0v) is 16.4. The molecule has 9 heteroatoms. The fourth-order valence-corrected chi connectivity index (χ4v) is 2.87. The van der Waals surface area contributed by atoms with Crippen LogP contribution in [0.4, 0.5) is 11.8 Å². The van der Waals surface area contributed by atoms with Gasteiger partial charge in [-0.05, 0) is 24.4 Å². The van der Waals surface area contributed by atoms with E-state index in [0.717, 1.165) is 18.5 Å². The van der Waals surface area contributed by atoms with Gasteiger partial charge in [-0.25, -0.2) is 4.98 Å². The average molecular weight is 381 g/mol. The van der Waals surface area contributed by atoms with Gasteiger partial charge < -0.3 is 21.5 Å². The van der Waals surface area contributed by atoms with Gasteiger partial charge in [0.05, 0.1) is 12.2 Å². The van der Waals surface area contributed by atoms with Gasteiger partial charge in [-0.1, -0.05) is 13.8 Å². The van der Waals surface area contributed by atoms with E-state index in [0.29, 0.717) is 30.3 Å². The van der Waals surface area contributed by atoms with Gasteiger partial charge in [0.2, 0.25) is 5.95 Å². The van der Waals surface area contributed by atoms with Gasteiger partial charge in [-0.2, -0.15) is 4.98 Å². The first kappa shape index (κ1) is 21.9. The Hall–Kier alpha value is -2.13. The molecule has 0 radical (unpaired) electrons. The SMILES string of the molecule is CCCN=C/C(=C\N)C(C)CN(CCO)c1nc(N)c(C=O)c(SC)n1. The molecule has 0 aromatic carbocycles. The van der Waals surface area contributed by atoms with Crippen LogP contribution in [0.25, 0.3) is 0 Å². The molecule has 5 N–H and O–H groups in total. The molecule has 8 nitrogen and oxygen atoms in total. The van der Waals surface area contributed by atoms with Gasteiger partial charge in [0.25, 0.3) is 0 Å². The number of carbonyl (C=O) groups is 1. The maximum atomic E-state index is 11.2. The normalized spacial score (nSPS) is 13.2. The number of nitrogen functional groups attached to an aromatic ring is 1. The second kappa shape index (κ2) is 11.5. The summed E-state index contributed by atoms with van der Waals surface area (Å²) < 4.78 is 0. The Labute approximate surface area is 158 Å². The van der Waals surface area contributed by atoms with E-state index in [1.807, 2.05) is 18.1 Å². The minimum absolute atomic E-state index is 0.0421. The highest BCUT2D eigenvalue weighted by atomic mass is 32.2. The summed E-state index contributed by atoms with van der Waals surface area (Å²) in [6, 6.07) is 0. The highest BCUT2D eigenvalue weighted by molar-refractivity contribution is 7.98. The molecule has 0 aliphatic heterocycles. The molecule has 0 spiro atoms. The van der Waals surface area contributed by atoms with Crippen LogP contribution in [0.15, 0.2) is 21.8 Å². The van der Waals surface area contributed by atoms with Crippen LogP contribution in [0.2, 0.25) is 0 Å². The summed E-state index contributed by atoms with van der Waals surface area (Å²) in [5.41, 5.74) is 12.8. The van der Waals surface area contributed by atoms with Crippen LogP contribution in [0, 0.1) is 5.92 Å². The van der Waals surface area contributed by atoms with E-state index in [1.165, 1.54) is 11.8 Å². The zero-order valence-electron chi connectivity index (χ0n) is 15.6. The maximum absolute atomic E-state index is 11.2. The van der Waals surface area contributed by atoms with Crippen LogP contribution in [-0.4, -0.2) is 60.1 Å². The predicted molar refractivity (Wildman–Crippen MR) is 108 cm³/mol. The van der Waals surface area contributed by atoms with Crippen LogP contribution in [0.5, 0.6) is 0 Å². The van der Waals surface area contributed by atoms with E-state index in [1.54, 1.807) is 12.4 Å². The number of hydrogen-bond donors (Lipinski definition) is 3. The maximum Gasteiger partial charge on any atom is 0.228 e. The lowest BCUT2D eigenvalue weighted by Crippen LogP contribution is -2.34. The van der Waals surface area contributed by atoms with E-state index in [2.05, 4.69) is 21.9 Å². The van der Waals surface area contributed by atoms with E-state index in [-0.39, 0.29) is 23.9 Å². The van der Waals surface area contributed by atoms with Gasteiger partial charge in [0, 0.05) is 31.8 Å². The summed E-state index contributed by atoms with van der Waals surface area (Å²) in [6.07, 6.45) is 6.76. The van der Waals surface area contributed by atoms with Crippen molar-refractivity contribution in [1.82, 2.24) is 9.97 Å². The smallest absolute Gasteiger partial charge is 0.228 e. The number of aliphatic hydroxyl groups is 1. The van der Waals surface area contributed by atoms with Crippen LogP contribution in [-0.2, 0) is 0 Å². The Morgan fingerprint density at radius 3 is 2.73 bits per heavy atom. The number of carbonyl (C=O) groups excluding carboxylic acids is 1. The van der Waals surface area contributed by atoms with Crippen LogP contribution in [0.1, 0.15) is 30.6 Å². The Kier molecular flexibility index (Phi) is 9.67. The predicted octanol–water partition coefficient (Wildman–Crippen LogP) is 1.35. The van der Waals surface area contributed by atoms with E-state index < -0.39 is 0 Å². The minimum atomic E-state index is -0.0639. The van der Waals surface area contributed by atoms with Crippen molar-refractivity contribution < 1.29 is 9.90 Å². The molecule has 1 aromatic rings. The average Bonchev–Trinajstić information content (AvgIpc) is 2.64. The monoisotopic (exact) mass is 380 g/mol. The first-order valence-electron chi connectivity index (χ1n) is 8.46. The molecule has 1 heterocycles. The number of aliphatic imine (C=N–C) groups is 1. The van der Waals surface area contributed by atoms with Crippen molar-refractivity contribution in [1.29, 1.82) is 0 Å². The third kappa shape index (κ3) is 5.99. The zero-order chi connectivity index (χ0) is 19.5. The molecule has 0 aliphatic carbocycles. The lowest BCUT2D eigenvalue weighted by Gasteiger charge is -2.26. The Morgan fingerprint density at radius 2 is 2.19 bits per heavy atom. The molecular weight excluding hydrogens is 352 g/mol. The van der Waals surface area contributed by atoms with Gasteiger partial charge in [0.1, 0.15) is 10.8 Å². The van der Waals surface area contributed by atoms with Crippen molar-refractivity contribution in [3.05, 3.63) is 17.3 Å². The number of aldehydes is 1. The first-order chi connectivity index (χ1) is 12.5. The fourth-order valence-electron chi connectivity index (χ4n) is 2.32. The number of hydrogen-bond acceptors (Lipinski definition) is 9. The molecule has 1 atom stereocenters. The quantitative estimate of drug-likeness (QED) is 0.227. The van der Waals surface area contributed by atoms with E-state index in [9.17, 15) is 9.90 Å². The standard InChI is InChI=1S/C17H28N6O2S/c1-4-5-20-9-13(8-18)12(2)10-23(6-7-24)17-21-15(19)14(11-25)16(22-17)26-3/h8-9,11-12,24H,4-7,10,18H2,1-3H3,(H2,19,21,22)/b13-8+,20-9?. The van der Waals surface area contributed by atoms with Crippen LogP contribution < -0.4 is 16.4 Å². The Morgan fingerprint density at radius 1 is 1.46 bits per heavy atom. The topological polar surface area (TPSA) is 131 Å². The molecule has 0 aliphatic rings. The molecule has 26 heavy (non-hydrogen) atoms. The number of aromatic nitrogens is 2. The molecule has 1 rings (SSSR count). The van der Waals surface area contributed by atoms with E-state index in [4.69, 9.17) is 11.5 Å². The summed E-state index contributed by atoms with van der Waals surface area (Å²) in [6.45, 7) is 5.61. The molecule has 0 bridgehead atoms. The van der Waals surface area contributed by atoms with Crippen molar-refractivity contribution in [2.24, 2.45) is 16.6 Å². The van der Waals surface area contributed by atoms with Crippen LogP contribution >= 0.6 is 11.8 Å².